The first-order valence-corrected chi connectivity index (χ1v) is 5.71. The van der Waals surface area contributed by atoms with E-state index in [1.165, 1.54) is 0 Å². The van der Waals surface area contributed by atoms with Gasteiger partial charge in [-0.2, -0.15) is 0 Å². The van der Waals surface area contributed by atoms with Gasteiger partial charge in [-0.3, -0.25) is 14.9 Å². The Labute approximate surface area is 108 Å². The van der Waals surface area contributed by atoms with Crippen LogP contribution in [0.25, 0.3) is 0 Å². The number of carbonyl (C=O) groups excluding carboxylic acids is 1. The van der Waals surface area contributed by atoms with E-state index in [0.717, 1.165) is 18.2 Å². The highest BCUT2D eigenvalue weighted by Crippen LogP contribution is 2.19. The molecule has 0 saturated heterocycles. The van der Waals surface area contributed by atoms with E-state index in [2.05, 4.69) is 5.32 Å². The van der Waals surface area contributed by atoms with Crippen molar-refractivity contribution in [2.24, 2.45) is 0 Å². The molecule has 1 aromatic carbocycles. The third-order valence-electron chi connectivity index (χ3n) is 2.23. The van der Waals surface area contributed by atoms with Crippen molar-refractivity contribution in [3.8, 4) is 0 Å². The van der Waals surface area contributed by atoms with Crippen LogP contribution in [0.4, 0.5) is 10.1 Å². The molecular formula is C11H12ClFN2O3. The molecule has 1 amide bonds. The van der Waals surface area contributed by atoms with Gasteiger partial charge in [-0.1, -0.05) is 0 Å². The van der Waals surface area contributed by atoms with Crippen LogP contribution in [-0.4, -0.2) is 22.8 Å². The number of hydrogen-bond acceptors (Lipinski definition) is 3. The summed E-state index contributed by atoms with van der Waals surface area (Å²) in [5.41, 5.74) is -0.713. The van der Waals surface area contributed by atoms with Crippen LogP contribution in [0.1, 0.15) is 23.7 Å². The number of rotatable bonds is 5. The summed E-state index contributed by atoms with van der Waals surface area (Å²) in [6.45, 7) is 2.04. The van der Waals surface area contributed by atoms with Gasteiger partial charge < -0.3 is 5.32 Å². The predicted molar refractivity (Wildman–Crippen MR) is 65.3 cm³/mol. The monoisotopic (exact) mass is 274 g/mol. The molecule has 1 unspecified atom stereocenters. The van der Waals surface area contributed by atoms with E-state index in [9.17, 15) is 19.3 Å². The summed E-state index contributed by atoms with van der Waals surface area (Å²) < 4.78 is 13.0. The summed E-state index contributed by atoms with van der Waals surface area (Å²) in [4.78, 5) is 21.7. The number of nitrogens with one attached hydrogen (secondary N) is 1. The number of amides is 1. The molecule has 1 aromatic rings. The molecule has 0 radical (unpaired) electrons. The Morgan fingerprint density at radius 3 is 2.83 bits per heavy atom. The van der Waals surface area contributed by atoms with Crippen LogP contribution in [0.2, 0.25) is 0 Å². The van der Waals surface area contributed by atoms with Crippen molar-refractivity contribution in [3.63, 3.8) is 0 Å². The second kappa shape index (κ2) is 6.30. The Morgan fingerprint density at radius 2 is 2.28 bits per heavy atom. The lowest BCUT2D eigenvalue weighted by molar-refractivity contribution is -0.385. The van der Waals surface area contributed by atoms with E-state index < -0.39 is 22.3 Å². The zero-order valence-corrected chi connectivity index (χ0v) is 10.4. The third-order valence-corrected chi connectivity index (χ3v) is 2.45. The second-order valence-electron chi connectivity index (χ2n) is 3.74. The number of nitro groups is 1. The van der Waals surface area contributed by atoms with Gasteiger partial charge in [0, 0.05) is 18.0 Å². The lowest BCUT2D eigenvalue weighted by Gasteiger charge is -2.06. The van der Waals surface area contributed by atoms with Gasteiger partial charge >= 0.3 is 0 Å². The zero-order valence-electron chi connectivity index (χ0n) is 9.65. The molecule has 1 N–H and O–H groups in total. The summed E-state index contributed by atoms with van der Waals surface area (Å²) in [6.07, 6.45) is 0.524. The number of carbonyl (C=O) groups is 1. The lowest BCUT2D eigenvalue weighted by Crippen LogP contribution is -2.26. The van der Waals surface area contributed by atoms with Crippen LogP contribution in [0.3, 0.4) is 0 Å². The molecule has 0 aliphatic carbocycles. The van der Waals surface area contributed by atoms with Gasteiger partial charge in [0.2, 0.25) is 0 Å². The van der Waals surface area contributed by atoms with Crippen LogP contribution in [0.5, 0.6) is 0 Å². The number of alkyl halides is 1. The number of hydrogen-bond donors (Lipinski definition) is 1. The molecule has 0 fully saturated rings. The molecule has 0 aliphatic rings. The van der Waals surface area contributed by atoms with Gasteiger partial charge in [-0.05, 0) is 25.5 Å². The molecule has 0 aliphatic heterocycles. The van der Waals surface area contributed by atoms with Crippen LogP contribution >= 0.6 is 11.6 Å². The third kappa shape index (κ3) is 3.96. The van der Waals surface area contributed by atoms with Crippen molar-refractivity contribution in [1.82, 2.24) is 5.32 Å². The number of nitro benzene ring substituents is 1. The summed E-state index contributed by atoms with van der Waals surface area (Å²) in [5, 5.41) is 13.0. The van der Waals surface area contributed by atoms with E-state index in [4.69, 9.17) is 11.6 Å². The second-order valence-corrected chi connectivity index (χ2v) is 4.49. The molecule has 0 heterocycles. The van der Waals surface area contributed by atoms with Crippen molar-refractivity contribution in [2.75, 3.05) is 6.54 Å². The maximum absolute atomic E-state index is 13.0. The molecular weight excluding hydrogens is 263 g/mol. The Morgan fingerprint density at radius 1 is 1.61 bits per heavy atom. The number of halogens is 2. The minimum atomic E-state index is -0.724. The molecule has 0 saturated carbocycles. The van der Waals surface area contributed by atoms with Crippen molar-refractivity contribution >= 4 is 23.2 Å². The Bertz CT molecular complexity index is 466. The van der Waals surface area contributed by atoms with E-state index in [0.29, 0.717) is 6.42 Å². The van der Waals surface area contributed by atoms with Gasteiger partial charge in [-0.25, -0.2) is 4.39 Å². The molecule has 1 atom stereocenters. The van der Waals surface area contributed by atoms with Gasteiger partial charge in [0.1, 0.15) is 11.4 Å². The summed E-state index contributed by atoms with van der Waals surface area (Å²) in [5.74, 6) is -1.38. The molecule has 98 valence electrons. The number of nitrogens with zero attached hydrogens (tertiary/aromatic N) is 1. The first-order valence-electron chi connectivity index (χ1n) is 5.28. The molecule has 0 spiro atoms. The maximum atomic E-state index is 13.0. The highest BCUT2D eigenvalue weighted by molar-refractivity contribution is 6.20. The quantitative estimate of drug-likeness (QED) is 0.509. The fourth-order valence-corrected chi connectivity index (χ4v) is 1.44. The molecule has 7 heteroatoms. The average Bonchev–Trinajstić information content (AvgIpc) is 2.27. The molecule has 5 nitrogen and oxygen atoms in total. The van der Waals surface area contributed by atoms with E-state index in [1.807, 2.05) is 0 Å². The highest BCUT2D eigenvalue weighted by Gasteiger charge is 2.20. The summed E-state index contributed by atoms with van der Waals surface area (Å²) >= 11 is 5.69. The largest absolute Gasteiger partial charge is 0.352 e. The van der Waals surface area contributed by atoms with Crippen molar-refractivity contribution in [3.05, 3.63) is 39.7 Å². The van der Waals surface area contributed by atoms with Gasteiger partial charge in [0.25, 0.3) is 11.6 Å². The Kier molecular flexibility index (Phi) is 5.03. The van der Waals surface area contributed by atoms with Gasteiger partial charge in [-0.15, -0.1) is 11.6 Å². The Hall–Kier alpha value is -1.69. The van der Waals surface area contributed by atoms with Crippen molar-refractivity contribution in [2.45, 2.75) is 18.7 Å². The smallest absolute Gasteiger partial charge is 0.282 e. The Balaban J connectivity index is 2.84. The van der Waals surface area contributed by atoms with Crippen LogP contribution in [-0.2, 0) is 0 Å². The van der Waals surface area contributed by atoms with Crippen LogP contribution < -0.4 is 5.32 Å². The summed E-state index contributed by atoms with van der Waals surface area (Å²) in [6, 6.07) is 2.75. The molecule has 1 rings (SSSR count). The topological polar surface area (TPSA) is 72.2 Å². The molecule has 0 aromatic heterocycles. The van der Waals surface area contributed by atoms with E-state index in [-0.39, 0.29) is 17.5 Å². The number of benzene rings is 1. The molecule has 18 heavy (non-hydrogen) atoms. The first-order chi connectivity index (χ1) is 8.41. The maximum Gasteiger partial charge on any atom is 0.282 e. The predicted octanol–water partition coefficient (Wildman–Crippen LogP) is 2.48. The zero-order chi connectivity index (χ0) is 13.7. The van der Waals surface area contributed by atoms with E-state index >= 15 is 0 Å². The average molecular weight is 275 g/mol. The standard InChI is InChI=1S/C11H12ClFN2O3/c1-7(12)4-5-14-11(16)9-6-8(13)2-3-10(9)15(17)18/h2-3,6-7H,4-5H2,1H3,(H,14,16). The fraction of sp³-hybridized carbons (Fsp3) is 0.364. The SMILES string of the molecule is CC(Cl)CCNC(=O)c1cc(F)ccc1[N+](=O)[O-]. The minimum Gasteiger partial charge on any atom is -0.352 e. The van der Waals surface area contributed by atoms with Crippen LogP contribution in [0.15, 0.2) is 18.2 Å². The van der Waals surface area contributed by atoms with Crippen LogP contribution in [0, 0.1) is 15.9 Å². The van der Waals surface area contributed by atoms with Gasteiger partial charge in [0.15, 0.2) is 0 Å². The van der Waals surface area contributed by atoms with E-state index in [1.54, 1.807) is 6.92 Å². The van der Waals surface area contributed by atoms with Gasteiger partial charge in [0.05, 0.1) is 4.92 Å². The summed E-state index contributed by atoms with van der Waals surface area (Å²) in [7, 11) is 0. The molecule has 0 bridgehead atoms. The first kappa shape index (κ1) is 14.4. The minimum absolute atomic E-state index is 0.118. The normalized spacial score (nSPS) is 11.9. The van der Waals surface area contributed by atoms with Crippen molar-refractivity contribution < 1.29 is 14.1 Å². The van der Waals surface area contributed by atoms with Crippen molar-refractivity contribution in [1.29, 1.82) is 0 Å². The fourth-order valence-electron chi connectivity index (χ4n) is 1.33. The lowest BCUT2D eigenvalue weighted by atomic mass is 10.1. The highest BCUT2D eigenvalue weighted by atomic mass is 35.5.